The van der Waals surface area contributed by atoms with E-state index in [9.17, 15) is 4.79 Å². The average Bonchev–Trinajstić information content (AvgIpc) is 2.47. The third kappa shape index (κ3) is 4.22. The van der Waals surface area contributed by atoms with Gasteiger partial charge < -0.3 is 10.1 Å². The topological polar surface area (TPSA) is 67.0 Å². The highest BCUT2D eigenvalue weighted by molar-refractivity contribution is 6.42. The summed E-state index contributed by atoms with van der Waals surface area (Å²) in [4.78, 5) is 19.3. The summed E-state index contributed by atoms with van der Waals surface area (Å²) >= 11 is 11.9. The molecule has 22 heavy (non-hydrogen) atoms. The van der Waals surface area contributed by atoms with E-state index in [1.165, 1.54) is 0 Å². The predicted molar refractivity (Wildman–Crippen MR) is 89.2 cm³/mol. The monoisotopic (exact) mass is 341 g/mol. The van der Waals surface area contributed by atoms with Crippen LogP contribution in [0.5, 0.6) is 0 Å². The zero-order valence-corrected chi connectivity index (χ0v) is 13.9. The largest absolute Gasteiger partial charge is 0.383 e. The van der Waals surface area contributed by atoms with Gasteiger partial charge in [0.1, 0.15) is 0 Å². The number of halogens is 2. The van der Waals surface area contributed by atoms with E-state index in [0.717, 1.165) is 5.56 Å². The molecule has 0 atom stereocenters. The van der Waals surface area contributed by atoms with Crippen LogP contribution in [0.15, 0.2) is 23.0 Å². The van der Waals surface area contributed by atoms with E-state index in [0.29, 0.717) is 46.8 Å². The van der Waals surface area contributed by atoms with Crippen LogP contribution in [0.3, 0.4) is 0 Å². The third-order valence-electron chi connectivity index (χ3n) is 3.19. The van der Waals surface area contributed by atoms with Gasteiger partial charge in [0.15, 0.2) is 0 Å². The Bertz CT molecular complexity index is 716. The summed E-state index contributed by atoms with van der Waals surface area (Å²) in [6, 6.07) is 5.32. The van der Waals surface area contributed by atoms with Crippen molar-refractivity contribution in [3.63, 3.8) is 0 Å². The third-order valence-corrected chi connectivity index (χ3v) is 3.92. The summed E-state index contributed by atoms with van der Waals surface area (Å²) in [5.41, 5.74) is 2.02. The van der Waals surface area contributed by atoms with Gasteiger partial charge in [-0.05, 0) is 24.6 Å². The van der Waals surface area contributed by atoms with Gasteiger partial charge in [-0.15, -0.1) is 0 Å². The quantitative estimate of drug-likeness (QED) is 0.792. The molecule has 0 bridgehead atoms. The molecule has 1 heterocycles. The smallest absolute Gasteiger partial charge is 0.256 e. The molecule has 0 saturated heterocycles. The van der Waals surface area contributed by atoms with Gasteiger partial charge in [-0.25, -0.2) is 4.98 Å². The molecule has 0 aliphatic heterocycles. The number of ether oxygens (including phenoxy) is 1. The molecule has 118 valence electrons. The first-order chi connectivity index (χ1) is 10.5. The molecular formula is C15H17Cl2N3O2. The molecule has 2 rings (SSSR count). The molecule has 7 heteroatoms. The van der Waals surface area contributed by atoms with Crippen LogP contribution in [0.2, 0.25) is 10.0 Å². The van der Waals surface area contributed by atoms with Gasteiger partial charge in [0.05, 0.1) is 22.3 Å². The maximum absolute atomic E-state index is 12.2. The maximum atomic E-state index is 12.2. The molecule has 0 unspecified atom stereocenters. The molecule has 2 aromatic rings. The number of nitrogens with zero attached hydrogens (tertiary/aromatic N) is 1. The maximum Gasteiger partial charge on any atom is 0.256 e. The Labute approximate surface area is 138 Å². The minimum absolute atomic E-state index is 0.168. The number of rotatable bonds is 6. The predicted octanol–water partition coefficient (Wildman–Crippen LogP) is 3.03. The number of anilines is 1. The number of aromatic nitrogens is 2. The van der Waals surface area contributed by atoms with E-state index in [4.69, 9.17) is 27.9 Å². The van der Waals surface area contributed by atoms with Crippen molar-refractivity contribution in [2.45, 2.75) is 13.3 Å². The molecule has 0 amide bonds. The number of methoxy groups -OCH3 is 1. The van der Waals surface area contributed by atoms with Crippen molar-refractivity contribution in [1.82, 2.24) is 9.97 Å². The fourth-order valence-electron chi connectivity index (χ4n) is 2.03. The highest BCUT2D eigenvalue weighted by Gasteiger charge is 2.10. The molecule has 2 N–H and O–H groups in total. The molecule has 0 radical (unpaired) electrons. The number of aryl methyl sites for hydroxylation is 1. The van der Waals surface area contributed by atoms with Crippen LogP contribution >= 0.6 is 23.2 Å². The minimum atomic E-state index is -0.168. The highest BCUT2D eigenvalue weighted by atomic mass is 35.5. The average molecular weight is 342 g/mol. The minimum Gasteiger partial charge on any atom is -0.383 e. The SMILES string of the molecule is COCCNc1nc(C)c(Cc2ccc(Cl)c(Cl)c2)c(=O)[nH]1. The first-order valence-corrected chi connectivity index (χ1v) is 7.53. The van der Waals surface area contributed by atoms with Gasteiger partial charge in [0, 0.05) is 25.6 Å². The lowest BCUT2D eigenvalue weighted by molar-refractivity contribution is 0.210. The zero-order valence-electron chi connectivity index (χ0n) is 12.4. The van der Waals surface area contributed by atoms with Crippen LogP contribution in [-0.4, -0.2) is 30.2 Å². The standard InChI is InChI=1S/C15H17Cl2N3O2/c1-9-11(7-10-3-4-12(16)13(17)8-10)14(21)20-15(19-9)18-5-6-22-2/h3-4,8H,5-7H2,1-2H3,(H2,18,19,20,21). The van der Waals surface area contributed by atoms with Crippen molar-refractivity contribution >= 4 is 29.2 Å². The van der Waals surface area contributed by atoms with Gasteiger partial charge in [-0.2, -0.15) is 0 Å². The van der Waals surface area contributed by atoms with E-state index in [-0.39, 0.29) is 5.56 Å². The van der Waals surface area contributed by atoms with Crippen LogP contribution in [0.1, 0.15) is 16.8 Å². The van der Waals surface area contributed by atoms with Gasteiger partial charge in [-0.3, -0.25) is 9.78 Å². The number of nitrogens with one attached hydrogen (secondary N) is 2. The van der Waals surface area contributed by atoms with Crippen molar-refractivity contribution < 1.29 is 4.74 Å². The van der Waals surface area contributed by atoms with Crippen LogP contribution in [-0.2, 0) is 11.2 Å². The van der Waals surface area contributed by atoms with Crippen LogP contribution in [0.25, 0.3) is 0 Å². The Morgan fingerprint density at radius 3 is 2.73 bits per heavy atom. The molecule has 5 nitrogen and oxygen atoms in total. The summed E-state index contributed by atoms with van der Waals surface area (Å²) in [5, 5.41) is 3.97. The number of aromatic amines is 1. The van der Waals surface area contributed by atoms with E-state index in [1.54, 1.807) is 19.2 Å². The second-order valence-corrected chi connectivity index (χ2v) is 5.64. The van der Waals surface area contributed by atoms with Gasteiger partial charge >= 0.3 is 0 Å². The van der Waals surface area contributed by atoms with Crippen molar-refractivity contribution in [2.24, 2.45) is 0 Å². The second-order valence-electron chi connectivity index (χ2n) is 4.82. The lowest BCUT2D eigenvalue weighted by Gasteiger charge is -2.09. The molecule has 0 fully saturated rings. The first kappa shape index (κ1) is 16.8. The second kappa shape index (κ2) is 7.63. The van der Waals surface area contributed by atoms with Crippen molar-refractivity contribution in [1.29, 1.82) is 0 Å². The summed E-state index contributed by atoms with van der Waals surface area (Å²) in [7, 11) is 1.61. The fourth-order valence-corrected chi connectivity index (χ4v) is 2.35. The zero-order chi connectivity index (χ0) is 16.1. The summed E-state index contributed by atoms with van der Waals surface area (Å²) in [5.74, 6) is 0.442. The van der Waals surface area contributed by atoms with Crippen LogP contribution < -0.4 is 10.9 Å². The lowest BCUT2D eigenvalue weighted by atomic mass is 10.1. The molecule has 0 spiro atoms. The molecular weight excluding hydrogens is 325 g/mol. The van der Waals surface area contributed by atoms with E-state index in [2.05, 4.69) is 15.3 Å². The molecule has 0 aliphatic rings. The Balaban J connectivity index is 2.20. The lowest BCUT2D eigenvalue weighted by Crippen LogP contribution is -2.21. The van der Waals surface area contributed by atoms with Gasteiger partial charge in [0.2, 0.25) is 5.95 Å². The molecule has 1 aromatic heterocycles. The van der Waals surface area contributed by atoms with Crippen molar-refractivity contribution in [3.05, 3.63) is 55.4 Å². The van der Waals surface area contributed by atoms with Gasteiger partial charge in [0.25, 0.3) is 5.56 Å². The fraction of sp³-hybridized carbons (Fsp3) is 0.333. The van der Waals surface area contributed by atoms with Gasteiger partial charge in [-0.1, -0.05) is 29.3 Å². The number of benzene rings is 1. The number of hydrogen-bond donors (Lipinski definition) is 2. The Morgan fingerprint density at radius 2 is 2.09 bits per heavy atom. The number of H-pyrrole nitrogens is 1. The summed E-state index contributed by atoms with van der Waals surface area (Å²) in [6.07, 6.45) is 0.448. The van der Waals surface area contributed by atoms with E-state index < -0.39 is 0 Å². The molecule has 1 aromatic carbocycles. The first-order valence-electron chi connectivity index (χ1n) is 6.77. The Morgan fingerprint density at radius 1 is 1.32 bits per heavy atom. The van der Waals surface area contributed by atoms with E-state index in [1.807, 2.05) is 13.0 Å². The van der Waals surface area contributed by atoms with Crippen LogP contribution in [0, 0.1) is 6.92 Å². The Kier molecular flexibility index (Phi) is 5.83. The summed E-state index contributed by atoms with van der Waals surface area (Å²) in [6.45, 7) is 2.92. The van der Waals surface area contributed by atoms with Crippen LogP contribution in [0.4, 0.5) is 5.95 Å². The van der Waals surface area contributed by atoms with Crippen molar-refractivity contribution in [3.8, 4) is 0 Å². The van der Waals surface area contributed by atoms with Crippen molar-refractivity contribution in [2.75, 3.05) is 25.6 Å². The molecule has 0 saturated carbocycles. The summed E-state index contributed by atoms with van der Waals surface area (Å²) < 4.78 is 4.94. The normalized spacial score (nSPS) is 10.7. The van der Waals surface area contributed by atoms with E-state index >= 15 is 0 Å². The molecule has 0 aliphatic carbocycles. The Hall–Kier alpha value is -1.56. The number of hydrogen-bond acceptors (Lipinski definition) is 4. The highest BCUT2D eigenvalue weighted by Crippen LogP contribution is 2.23.